The number of piperazine rings is 1. The standard InChI is InChI=1S/C24H24FN5O2S/c25-23-16-21(15-22(17-23)18-28-9-8-27-19-28)2-1-20-3-5-24(6-4-20)29-10-12-30(13-11-29)33(31,32)14-7-26/h1-6,8-9,15-17,19H,10-14,18H2. The summed E-state index contributed by atoms with van der Waals surface area (Å²) in [6, 6.07) is 14.7. The van der Waals surface area contributed by atoms with Crippen LogP contribution >= 0.6 is 0 Å². The smallest absolute Gasteiger partial charge is 0.227 e. The zero-order valence-corrected chi connectivity index (χ0v) is 18.8. The minimum absolute atomic E-state index is 0.279. The van der Waals surface area contributed by atoms with Crippen molar-refractivity contribution in [2.45, 2.75) is 6.54 Å². The van der Waals surface area contributed by atoms with E-state index in [1.165, 1.54) is 16.4 Å². The molecule has 7 nitrogen and oxygen atoms in total. The lowest BCUT2D eigenvalue weighted by atomic mass is 10.1. The van der Waals surface area contributed by atoms with Crippen LogP contribution in [0.2, 0.25) is 0 Å². The largest absolute Gasteiger partial charge is 0.369 e. The SMILES string of the molecule is N#CCS(=O)(=O)N1CCN(c2ccc(C=Cc3cc(F)cc(Cn4ccnc4)c3)cc2)CC1. The zero-order valence-electron chi connectivity index (χ0n) is 18.0. The van der Waals surface area contributed by atoms with Crippen molar-refractivity contribution in [3.8, 4) is 6.07 Å². The zero-order chi connectivity index (χ0) is 23.3. The van der Waals surface area contributed by atoms with Crippen LogP contribution in [0.4, 0.5) is 10.1 Å². The highest BCUT2D eigenvalue weighted by atomic mass is 32.2. The van der Waals surface area contributed by atoms with Crippen molar-refractivity contribution in [2.24, 2.45) is 0 Å². The van der Waals surface area contributed by atoms with Gasteiger partial charge in [-0.25, -0.2) is 17.8 Å². The second-order valence-corrected chi connectivity index (χ2v) is 9.82. The van der Waals surface area contributed by atoms with Crippen molar-refractivity contribution < 1.29 is 12.8 Å². The summed E-state index contributed by atoms with van der Waals surface area (Å²) in [6.07, 6.45) is 9.06. The highest BCUT2D eigenvalue weighted by molar-refractivity contribution is 7.89. The highest BCUT2D eigenvalue weighted by Gasteiger charge is 2.26. The van der Waals surface area contributed by atoms with Gasteiger partial charge in [0, 0.05) is 50.8 Å². The first-order valence-corrected chi connectivity index (χ1v) is 12.2. The van der Waals surface area contributed by atoms with Gasteiger partial charge in [-0.3, -0.25) is 0 Å². The first-order chi connectivity index (χ1) is 15.9. The van der Waals surface area contributed by atoms with E-state index in [1.54, 1.807) is 18.6 Å². The predicted molar refractivity (Wildman–Crippen MR) is 126 cm³/mol. The summed E-state index contributed by atoms with van der Waals surface area (Å²) in [6.45, 7) is 2.43. The molecule has 2 heterocycles. The Kier molecular flexibility index (Phi) is 6.87. The monoisotopic (exact) mass is 465 g/mol. The number of hydrogen-bond acceptors (Lipinski definition) is 5. The molecule has 33 heavy (non-hydrogen) atoms. The molecule has 1 aliphatic rings. The number of sulfonamides is 1. The molecule has 3 aromatic rings. The summed E-state index contributed by atoms with van der Waals surface area (Å²) in [5.74, 6) is -0.761. The Morgan fingerprint density at radius 1 is 1.03 bits per heavy atom. The van der Waals surface area contributed by atoms with Crippen LogP contribution in [0.15, 0.2) is 61.2 Å². The summed E-state index contributed by atoms with van der Waals surface area (Å²) >= 11 is 0. The predicted octanol–water partition coefficient (Wildman–Crippen LogP) is 3.22. The maximum absolute atomic E-state index is 14.1. The van der Waals surface area contributed by atoms with Gasteiger partial charge in [-0.15, -0.1) is 0 Å². The van der Waals surface area contributed by atoms with Crippen molar-refractivity contribution in [3.63, 3.8) is 0 Å². The molecule has 0 amide bonds. The molecule has 1 fully saturated rings. The van der Waals surface area contributed by atoms with Gasteiger partial charge < -0.3 is 9.47 Å². The fourth-order valence-electron chi connectivity index (χ4n) is 3.84. The van der Waals surface area contributed by atoms with Crippen molar-refractivity contribution in [1.29, 1.82) is 5.26 Å². The average Bonchev–Trinajstić information content (AvgIpc) is 3.31. The molecule has 1 aliphatic heterocycles. The Morgan fingerprint density at radius 2 is 1.76 bits per heavy atom. The summed E-state index contributed by atoms with van der Waals surface area (Å²) in [7, 11) is -3.50. The molecular formula is C24H24FN5O2S. The van der Waals surface area contributed by atoms with E-state index in [0.717, 1.165) is 22.4 Å². The number of halogens is 1. The van der Waals surface area contributed by atoms with Crippen LogP contribution in [0, 0.1) is 17.1 Å². The molecule has 0 unspecified atom stereocenters. The normalized spacial score (nSPS) is 15.1. The van der Waals surface area contributed by atoms with E-state index in [2.05, 4.69) is 9.88 Å². The number of hydrogen-bond donors (Lipinski definition) is 0. The van der Waals surface area contributed by atoms with Crippen molar-refractivity contribution >= 4 is 27.9 Å². The molecule has 0 bridgehead atoms. The molecule has 1 saturated heterocycles. The molecule has 0 aliphatic carbocycles. The van der Waals surface area contributed by atoms with Crippen LogP contribution in [-0.2, 0) is 16.6 Å². The fraction of sp³-hybridized carbons (Fsp3) is 0.250. The lowest BCUT2D eigenvalue weighted by molar-refractivity contribution is 0.386. The average molecular weight is 466 g/mol. The molecule has 0 saturated carbocycles. The van der Waals surface area contributed by atoms with E-state index >= 15 is 0 Å². The summed E-state index contributed by atoms with van der Waals surface area (Å²) in [5.41, 5.74) is 3.63. The number of aromatic nitrogens is 2. The minimum Gasteiger partial charge on any atom is -0.369 e. The second-order valence-electron chi connectivity index (χ2n) is 7.85. The quantitative estimate of drug-likeness (QED) is 0.501. The van der Waals surface area contributed by atoms with Crippen molar-refractivity contribution in [2.75, 3.05) is 36.8 Å². The molecule has 0 N–H and O–H groups in total. The number of nitrogens with zero attached hydrogens (tertiary/aromatic N) is 5. The van der Waals surface area contributed by atoms with Crippen LogP contribution < -0.4 is 4.90 Å². The van der Waals surface area contributed by atoms with Crippen LogP contribution in [0.5, 0.6) is 0 Å². The number of rotatable bonds is 7. The van der Waals surface area contributed by atoms with Crippen LogP contribution in [-0.4, -0.2) is 54.2 Å². The maximum atomic E-state index is 14.1. The van der Waals surface area contributed by atoms with E-state index in [1.807, 2.05) is 53.2 Å². The van der Waals surface area contributed by atoms with E-state index in [4.69, 9.17) is 5.26 Å². The van der Waals surface area contributed by atoms with E-state index in [9.17, 15) is 12.8 Å². The molecule has 0 atom stereocenters. The van der Waals surface area contributed by atoms with Gasteiger partial charge in [-0.1, -0.05) is 24.3 Å². The molecule has 0 spiro atoms. The Labute approximate surface area is 193 Å². The molecular weight excluding hydrogens is 441 g/mol. The van der Waals surface area contributed by atoms with Gasteiger partial charge in [0.1, 0.15) is 5.82 Å². The van der Waals surface area contributed by atoms with E-state index < -0.39 is 15.8 Å². The van der Waals surface area contributed by atoms with Crippen molar-refractivity contribution in [3.05, 3.63) is 83.7 Å². The van der Waals surface area contributed by atoms with Gasteiger partial charge in [0.25, 0.3) is 0 Å². The van der Waals surface area contributed by atoms with Gasteiger partial charge in [0.15, 0.2) is 5.75 Å². The van der Waals surface area contributed by atoms with Gasteiger partial charge >= 0.3 is 0 Å². The first kappa shape index (κ1) is 22.7. The van der Waals surface area contributed by atoms with Gasteiger partial charge in [0.2, 0.25) is 10.0 Å². The van der Waals surface area contributed by atoms with E-state index in [0.29, 0.717) is 32.7 Å². The second kappa shape index (κ2) is 9.98. The number of imidazole rings is 1. The third kappa shape index (κ3) is 5.86. The number of benzene rings is 2. The molecule has 9 heteroatoms. The number of nitriles is 1. The molecule has 1 aromatic heterocycles. The van der Waals surface area contributed by atoms with E-state index in [-0.39, 0.29) is 5.82 Å². The summed E-state index contributed by atoms with van der Waals surface area (Å²) < 4.78 is 41.4. The topological polar surface area (TPSA) is 82.2 Å². The van der Waals surface area contributed by atoms with Gasteiger partial charge in [0.05, 0.1) is 12.4 Å². The fourth-order valence-corrected chi connectivity index (χ4v) is 4.91. The summed E-state index contributed by atoms with van der Waals surface area (Å²) in [5, 5.41) is 8.69. The molecule has 0 radical (unpaired) electrons. The number of anilines is 1. The van der Waals surface area contributed by atoms with Gasteiger partial charge in [-0.05, 0) is 47.0 Å². The van der Waals surface area contributed by atoms with Gasteiger partial charge in [-0.2, -0.15) is 9.57 Å². The maximum Gasteiger partial charge on any atom is 0.227 e. The molecule has 2 aromatic carbocycles. The van der Waals surface area contributed by atoms with Crippen LogP contribution in [0.25, 0.3) is 12.2 Å². The Bertz CT molecular complexity index is 1260. The lowest BCUT2D eigenvalue weighted by Gasteiger charge is -2.35. The van der Waals surface area contributed by atoms with Crippen LogP contribution in [0.1, 0.15) is 16.7 Å². The highest BCUT2D eigenvalue weighted by Crippen LogP contribution is 2.20. The Hall–Kier alpha value is -3.48. The van der Waals surface area contributed by atoms with Crippen LogP contribution in [0.3, 0.4) is 0 Å². The third-order valence-electron chi connectivity index (χ3n) is 5.51. The Morgan fingerprint density at radius 3 is 2.42 bits per heavy atom. The summed E-state index contributed by atoms with van der Waals surface area (Å²) in [4.78, 5) is 6.14. The third-order valence-corrected chi connectivity index (χ3v) is 7.16. The van der Waals surface area contributed by atoms with Crippen molar-refractivity contribution in [1.82, 2.24) is 13.9 Å². The minimum atomic E-state index is -3.50. The first-order valence-electron chi connectivity index (χ1n) is 10.6. The molecule has 4 rings (SSSR count). The Balaban J connectivity index is 1.38. The molecule has 170 valence electrons. The lowest BCUT2D eigenvalue weighted by Crippen LogP contribution is -2.49.